The Morgan fingerprint density at radius 1 is 1.03 bits per heavy atom. The number of rotatable bonds is 10. The molecule has 0 bridgehead atoms. The highest BCUT2D eigenvalue weighted by atomic mass is 32.2. The lowest BCUT2D eigenvalue weighted by Gasteiger charge is -2.14. The van der Waals surface area contributed by atoms with Crippen LogP contribution in [-0.4, -0.2) is 32.3 Å². The molecule has 2 unspecified atom stereocenters. The molecule has 3 rings (SSSR count). The van der Waals surface area contributed by atoms with Crippen molar-refractivity contribution in [2.75, 3.05) is 16.6 Å². The molecule has 31 heavy (non-hydrogen) atoms. The summed E-state index contributed by atoms with van der Waals surface area (Å²) in [5, 5.41) is 1.90. The fraction of sp³-hybridized carbons (Fsp3) is 0.409. The van der Waals surface area contributed by atoms with Gasteiger partial charge in [0.05, 0.1) is 6.61 Å². The minimum Gasteiger partial charge on any atom is -0.494 e. The van der Waals surface area contributed by atoms with Crippen LogP contribution in [0, 0.1) is 0 Å². The van der Waals surface area contributed by atoms with Crippen molar-refractivity contribution in [3.8, 4) is 5.75 Å². The van der Waals surface area contributed by atoms with E-state index in [1.165, 1.54) is 5.56 Å². The molecule has 8 nitrogen and oxygen atoms in total. The Hall–Kier alpha value is -2.62. The molecule has 1 amide bonds. The Morgan fingerprint density at radius 3 is 2.35 bits per heavy atom. The molecule has 2 atom stereocenters. The van der Waals surface area contributed by atoms with E-state index in [0.29, 0.717) is 23.7 Å². The molecule has 1 aliphatic rings. The lowest BCUT2D eigenvalue weighted by molar-refractivity contribution is -0.117. The molecule has 9 heteroatoms. The molecule has 1 saturated heterocycles. The van der Waals surface area contributed by atoms with Gasteiger partial charge in [0.15, 0.2) is 0 Å². The average molecular weight is 447 g/mol. The quantitative estimate of drug-likeness (QED) is 0.447. The van der Waals surface area contributed by atoms with Gasteiger partial charge in [-0.3, -0.25) is 9.52 Å². The number of hydrogen-bond donors (Lipinski definition) is 4. The number of aryl methyl sites for hydroxylation is 1. The second kappa shape index (κ2) is 10.6. The number of nitrogens with one attached hydrogen (secondary N) is 4. The van der Waals surface area contributed by atoms with Crippen molar-refractivity contribution in [2.45, 2.75) is 50.9 Å². The van der Waals surface area contributed by atoms with Crippen molar-refractivity contribution in [3.63, 3.8) is 0 Å². The van der Waals surface area contributed by atoms with E-state index in [1.807, 2.05) is 31.2 Å². The third-order valence-electron chi connectivity index (χ3n) is 5.03. The summed E-state index contributed by atoms with van der Waals surface area (Å²) in [5.41, 5.74) is 7.84. The molecule has 0 aromatic heterocycles. The zero-order chi connectivity index (χ0) is 22.3. The Balaban J connectivity index is 1.54. The number of carbonyl (C=O) groups is 1. The number of unbranched alkanes of at least 4 members (excludes halogenated alkanes) is 1. The number of hydrogen-bond acceptors (Lipinski definition) is 6. The van der Waals surface area contributed by atoms with Gasteiger partial charge in [0.1, 0.15) is 17.2 Å². The Labute approximate surface area is 183 Å². The van der Waals surface area contributed by atoms with E-state index >= 15 is 0 Å². The van der Waals surface area contributed by atoms with Crippen LogP contribution in [0.15, 0.2) is 48.5 Å². The van der Waals surface area contributed by atoms with Crippen LogP contribution in [0.3, 0.4) is 0 Å². The molecule has 0 radical (unpaired) electrons. The van der Waals surface area contributed by atoms with Crippen LogP contribution in [-0.2, 0) is 21.2 Å². The smallest absolute Gasteiger partial charge is 0.250 e. The number of anilines is 2. The third-order valence-corrected chi connectivity index (χ3v) is 6.60. The van der Waals surface area contributed by atoms with Gasteiger partial charge in [-0.25, -0.2) is 19.3 Å². The highest BCUT2D eigenvalue weighted by molar-refractivity contribution is 7.93. The van der Waals surface area contributed by atoms with Gasteiger partial charge >= 0.3 is 0 Å². The molecular formula is C22H30N4O4S. The lowest BCUT2D eigenvalue weighted by atomic mass is 10.1. The second-order valence-corrected chi connectivity index (χ2v) is 9.32. The van der Waals surface area contributed by atoms with Crippen LogP contribution in [0.4, 0.5) is 11.4 Å². The Morgan fingerprint density at radius 2 is 1.71 bits per heavy atom. The van der Waals surface area contributed by atoms with E-state index in [1.54, 1.807) is 24.3 Å². The lowest BCUT2D eigenvalue weighted by Crippen LogP contribution is -2.42. The molecular weight excluding hydrogens is 416 g/mol. The van der Waals surface area contributed by atoms with Gasteiger partial charge in [0, 0.05) is 17.8 Å². The van der Waals surface area contributed by atoms with E-state index < -0.39 is 21.4 Å². The molecule has 1 aliphatic heterocycles. The van der Waals surface area contributed by atoms with Crippen LogP contribution in [0.5, 0.6) is 5.75 Å². The standard InChI is InChI=1S/C22H30N4O4S/c1-3-5-6-16-7-9-17(10-8-16)23-22(27)20-15-21(25-24-20)31(28,29)26-18-11-13-19(14-12-18)30-4-2/h7-14,20-21,24-26H,3-6,15H2,1-2H3,(H,23,27). The molecule has 4 N–H and O–H groups in total. The summed E-state index contributed by atoms with van der Waals surface area (Å²) < 4.78 is 33.3. The van der Waals surface area contributed by atoms with Crippen molar-refractivity contribution in [3.05, 3.63) is 54.1 Å². The molecule has 1 heterocycles. The van der Waals surface area contributed by atoms with E-state index in [4.69, 9.17) is 4.74 Å². The maximum Gasteiger partial charge on any atom is 0.250 e. The van der Waals surface area contributed by atoms with Crippen LogP contribution in [0.2, 0.25) is 0 Å². The fourth-order valence-electron chi connectivity index (χ4n) is 3.29. The van der Waals surface area contributed by atoms with Crippen molar-refractivity contribution in [1.29, 1.82) is 0 Å². The molecule has 2 aromatic rings. The first-order chi connectivity index (χ1) is 14.9. The maximum atomic E-state index is 12.7. The minimum atomic E-state index is -3.74. The van der Waals surface area contributed by atoms with Gasteiger partial charge < -0.3 is 10.1 Å². The summed E-state index contributed by atoms with van der Waals surface area (Å²) in [6, 6.07) is 13.7. The van der Waals surface area contributed by atoms with Gasteiger partial charge in [-0.1, -0.05) is 25.5 Å². The summed E-state index contributed by atoms with van der Waals surface area (Å²) in [5.74, 6) is 0.383. The number of benzene rings is 2. The average Bonchev–Trinajstić information content (AvgIpc) is 3.26. The molecule has 168 valence electrons. The molecule has 0 spiro atoms. The normalized spacial score (nSPS) is 18.5. The van der Waals surface area contributed by atoms with E-state index in [2.05, 4.69) is 27.8 Å². The first-order valence-corrected chi connectivity index (χ1v) is 12.1. The van der Waals surface area contributed by atoms with Crippen molar-refractivity contribution in [2.24, 2.45) is 0 Å². The van der Waals surface area contributed by atoms with E-state index in [9.17, 15) is 13.2 Å². The van der Waals surface area contributed by atoms with Crippen LogP contribution >= 0.6 is 0 Å². The van der Waals surface area contributed by atoms with Gasteiger partial charge in [-0.2, -0.15) is 0 Å². The molecule has 0 saturated carbocycles. The number of carbonyl (C=O) groups excluding carboxylic acids is 1. The summed E-state index contributed by atoms with van der Waals surface area (Å²) in [7, 11) is -3.74. The van der Waals surface area contributed by atoms with Crippen LogP contribution in [0.25, 0.3) is 0 Å². The van der Waals surface area contributed by atoms with Gasteiger partial charge in [-0.15, -0.1) is 0 Å². The van der Waals surface area contributed by atoms with Gasteiger partial charge in [0.25, 0.3) is 0 Å². The molecule has 1 fully saturated rings. The first-order valence-electron chi connectivity index (χ1n) is 10.6. The SMILES string of the molecule is CCCCc1ccc(NC(=O)C2CC(S(=O)(=O)Nc3ccc(OCC)cc3)NN2)cc1. The Bertz CT molecular complexity index is 962. The highest BCUT2D eigenvalue weighted by Gasteiger charge is 2.37. The third kappa shape index (κ3) is 6.43. The highest BCUT2D eigenvalue weighted by Crippen LogP contribution is 2.20. The fourth-order valence-corrected chi connectivity index (χ4v) is 4.56. The summed E-state index contributed by atoms with van der Waals surface area (Å²) in [4.78, 5) is 12.6. The molecule has 2 aromatic carbocycles. The van der Waals surface area contributed by atoms with Crippen molar-refractivity contribution >= 4 is 27.3 Å². The van der Waals surface area contributed by atoms with Crippen LogP contribution in [0.1, 0.15) is 38.7 Å². The monoisotopic (exact) mass is 446 g/mol. The first kappa shape index (κ1) is 23.1. The van der Waals surface area contributed by atoms with E-state index in [-0.39, 0.29) is 12.3 Å². The number of sulfonamides is 1. The number of ether oxygens (including phenoxy) is 1. The predicted molar refractivity (Wildman–Crippen MR) is 122 cm³/mol. The van der Waals surface area contributed by atoms with Crippen LogP contribution < -0.4 is 25.6 Å². The van der Waals surface area contributed by atoms with Crippen molar-refractivity contribution < 1.29 is 17.9 Å². The number of hydrazine groups is 1. The second-order valence-electron chi connectivity index (χ2n) is 7.46. The van der Waals surface area contributed by atoms with Crippen molar-refractivity contribution in [1.82, 2.24) is 10.9 Å². The zero-order valence-corrected chi connectivity index (χ0v) is 18.7. The summed E-state index contributed by atoms with van der Waals surface area (Å²) in [6.45, 7) is 4.57. The largest absolute Gasteiger partial charge is 0.494 e. The van der Waals surface area contributed by atoms with E-state index in [0.717, 1.165) is 19.3 Å². The summed E-state index contributed by atoms with van der Waals surface area (Å²) >= 11 is 0. The Kier molecular flexibility index (Phi) is 7.89. The number of amides is 1. The van der Waals surface area contributed by atoms with Gasteiger partial charge in [-0.05, 0) is 61.7 Å². The zero-order valence-electron chi connectivity index (χ0n) is 17.9. The molecule has 0 aliphatic carbocycles. The predicted octanol–water partition coefficient (Wildman–Crippen LogP) is 3.00. The summed E-state index contributed by atoms with van der Waals surface area (Å²) in [6.07, 6.45) is 3.38. The topological polar surface area (TPSA) is 109 Å². The minimum absolute atomic E-state index is 0.104. The van der Waals surface area contributed by atoms with Gasteiger partial charge in [0.2, 0.25) is 15.9 Å². The maximum absolute atomic E-state index is 12.7.